The van der Waals surface area contributed by atoms with Gasteiger partial charge in [0.1, 0.15) is 29.7 Å². The van der Waals surface area contributed by atoms with E-state index in [-0.39, 0.29) is 6.09 Å². The van der Waals surface area contributed by atoms with Crippen molar-refractivity contribution >= 4 is 11.9 Å². The van der Waals surface area contributed by atoms with E-state index in [1.807, 2.05) is 20.8 Å². The number of anilines is 1. The number of ether oxygens (including phenoxy) is 2. The third kappa shape index (κ3) is 5.33. The highest BCUT2D eigenvalue weighted by Gasteiger charge is 2.31. The molecule has 2 saturated heterocycles. The van der Waals surface area contributed by atoms with Crippen LogP contribution in [0.1, 0.15) is 50.3 Å². The molecule has 1 atom stereocenters. The van der Waals surface area contributed by atoms with Gasteiger partial charge in [-0.2, -0.15) is 10.2 Å². The first-order chi connectivity index (χ1) is 15.8. The highest BCUT2D eigenvalue weighted by atomic mass is 16.6. The molecule has 1 amide bonds. The molecule has 1 N–H and O–H groups in total. The molecular formula is C24H36N6O3. The van der Waals surface area contributed by atoms with E-state index in [4.69, 9.17) is 14.5 Å². The monoisotopic (exact) mass is 456 g/mol. The van der Waals surface area contributed by atoms with Crippen molar-refractivity contribution in [2.75, 3.05) is 57.8 Å². The van der Waals surface area contributed by atoms with Crippen LogP contribution in [0.3, 0.4) is 0 Å². The van der Waals surface area contributed by atoms with Gasteiger partial charge in [0, 0.05) is 44.3 Å². The van der Waals surface area contributed by atoms with Crippen molar-refractivity contribution in [2.24, 2.45) is 0 Å². The number of amides is 1. The molecule has 4 rings (SSSR count). The SMILES string of the molecule is CN1CCCC1COc1nc(N2CCN(C(=O)OC(C)(C)C)CC2)c2c(c1C#N)CNCC2. The summed E-state index contributed by atoms with van der Waals surface area (Å²) in [4.78, 5) is 23.7. The van der Waals surface area contributed by atoms with Crippen LogP contribution < -0.4 is 15.0 Å². The topological polar surface area (TPSA) is 94.0 Å². The van der Waals surface area contributed by atoms with E-state index in [1.165, 1.54) is 6.42 Å². The molecule has 33 heavy (non-hydrogen) atoms. The minimum Gasteiger partial charge on any atom is -0.475 e. The summed E-state index contributed by atoms with van der Waals surface area (Å²) in [5.74, 6) is 1.33. The number of aromatic nitrogens is 1. The molecule has 1 unspecified atom stereocenters. The maximum absolute atomic E-state index is 12.5. The second-order valence-corrected chi connectivity index (χ2v) is 10.2. The molecular weight excluding hydrogens is 420 g/mol. The second-order valence-electron chi connectivity index (χ2n) is 10.2. The minimum atomic E-state index is -0.505. The van der Waals surface area contributed by atoms with Crippen molar-refractivity contribution in [1.29, 1.82) is 5.26 Å². The largest absolute Gasteiger partial charge is 0.475 e. The van der Waals surface area contributed by atoms with Crippen LogP contribution in [0.25, 0.3) is 0 Å². The molecule has 3 aliphatic rings. The molecule has 0 aromatic carbocycles. The molecule has 0 radical (unpaired) electrons. The molecule has 9 nitrogen and oxygen atoms in total. The van der Waals surface area contributed by atoms with Crippen LogP contribution in [-0.2, 0) is 17.7 Å². The Balaban J connectivity index is 1.54. The van der Waals surface area contributed by atoms with Crippen LogP contribution in [0.2, 0.25) is 0 Å². The number of carbonyl (C=O) groups excluding carboxylic acids is 1. The zero-order valence-electron chi connectivity index (χ0n) is 20.3. The van der Waals surface area contributed by atoms with E-state index >= 15 is 0 Å². The van der Waals surface area contributed by atoms with Gasteiger partial charge in [0.25, 0.3) is 0 Å². The summed E-state index contributed by atoms with van der Waals surface area (Å²) in [6.45, 7) is 11.3. The van der Waals surface area contributed by atoms with Crippen LogP contribution in [0.4, 0.5) is 10.6 Å². The Morgan fingerprint density at radius 2 is 1.97 bits per heavy atom. The van der Waals surface area contributed by atoms with Gasteiger partial charge in [-0.05, 0) is 65.7 Å². The number of hydrogen-bond acceptors (Lipinski definition) is 8. The van der Waals surface area contributed by atoms with Crippen LogP contribution >= 0.6 is 0 Å². The highest BCUT2D eigenvalue weighted by Crippen LogP contribution is 2.33. The van der Waals surface area contributed by atoms with Crippen molar-refractivity contribution in [3.63, 3.8) is 0 Å². The number of fused-ring (bicyclic) bond motifs is 1. The number of piperazine rings is 1. The third-order valence-corrected chi connectivity index (χ3v) is 6.64. The van der Waals surface area contributed by atoms with E-state index in [9.17, 15) is 10.1 Å². The van der Waals surface area contributed by atoms with Crippen molar-refractivity contribution in [1.82, 2.24) is 20.1 Å². The molecule has 0 bridgehead atoms. The smallest absolute Gasteiger partial charge is 0.410 e. The zero-order chi connectivity index (χ0) is 23.6. The standard InChI is InChI=1S/C24H36N6O3/c1-24(2,3)33-23(31)30-12-10-29(11-13-30)21-18-7-8-26-15-20(18)19(14-25)22(27-21)32-16-17-6-5-9-28(17)4/h17,26H,5-13,15-16H2,1-4H3. The molecule has 0 saturated carbocycles. The average Bonchev–Trinajstić information content (AvgIpc) is 3.20. The fourth-order valence-electron chi connectivity index (χ4n) is 4.79. The molecule has 0 spiro atoms. The summed E-state index contributed by atoms with van der Waals surface area (Å²) in [6, 6.07) is 2.71. The molecule has 180 valence electrons. The van der Waals surface area contributed by atoms with Gasteiger partial charge in [0.05, 0.1) is 0 Å². The second kappa shape index (κ2) is 9.74. The maximum Gasteiger partial charge on any atom is 0.410 e. The number of rotatable bonds is 4. The first-order valence-electron chi connectivity index (χ1n) is 12.0. The molecule has 1 aromatic heterocycles. The maximum atomic E-state index is 12.5. The summed E-state index contributed by atoms with van der Waals surface area (Å²) in [5.41, 5.74) is 2.17. The summed E-state index contributed by atoms with van der Waals surface area (Å²) < 4.78 is 11.7. The number of likely N-dealkylation sites (N-methyl/N-ethyl adjacent to an activating group) is 1. The van der Waals surface area contributed by atoms with Crippen molar-refractivity contribution in [2.45, 2.75) is 58.2 Å². The van der Waals surface area contributed by atoms with Crippen LogP contribution in [0, 0.1) is 11.3 Å². The normalized spacial score (nSPS) is 21.5. The lowest BCUT2D eigenvalue weighted by atomic mass is 9.97. The van der Waals surface area contributed by atoms with Gasteiger partial charge in [-0.1, -0.05) is 0 Å². The quantitative estimate of drug-likeness (QED) is 0.737. The Morgan fingerprint density at radius 1 is 1.21 bits per heavy atom. The number of nitrogens with zero attached hydrogens (tertiary/aromatic N) is 5. The third-order valence-electron chi connectivity index (χ3n) is 6.64. The Morgan fingerprint density at radius 3 is 2.61 bits per heavy atom. The fourth-order valence-corrected chi connectivity index (χ4v) is 4.79. The molecule has 1 aromatic rings. The first-order valence-corrected chi connectivity index (χ1v) is 12.0. The summed E-state index contributed by atoms with van der Waals surface area (Å²) in [5, 5.41) is 13.3. The van der Waals surface area contributed by atoms with Crippen molar-refractivity contribution < 1.29 is 14.3 Å². The first kappa shape index (κ1) is 23.6. The number of pyridine rings is 1. The predicted molar refractivity (Wildman–Crippen MR) is 126 cm³/mol. The van der Waals surface area contributed by atoms with Gasteiger partial charge in [0.15, 0.2) is 0 Å². The minimum absolute atomic E-state index is 0.272. The van der Waals surface area contributed by atoms with Gasteiger partial charge in [-0.3, -0.25) is 0 Å². The van der Waals surface area contributed by atoms with Crippen LogP contribution in [0.5, 0.6) is 5.88 Å². The Labute approximate surface area is 196 Å². The molecule has 0 aliphatic carbocycles. The number of hydrogen-bond donors (Lipinski definition) is 1. The van der Waals surface area contributed by atoms with Gasteiger partial charge >= 0.3 is 6.09 Å². The molecule has 4 heterocycles. The zero-order valence-corrected chi connectivity index (χ0v) is 20.3. The van der Waals surface area contributed by atoms with Gasteiger partial charge < -0.3 is 29.5 Å². The molecule has 2 fully saturated rings. The molecule has 3 aliphatic heterocycles. The fraction of sp³-hybridized carbons (Fsp3) is 0.708. The van der Waals surface area contributed by atoms with Gasteiger partial charge in [-0.25, -0.2) is 4.79 Å². The summed E-state index contributed by atoms with van der Waals surface area (Å²) in [7, 11) is 2.12. The Hall–Kier alpha value is -2.57. The predicted octanol–water partition coefficient (Wildman–Crippen LogP) is 2.13. The lowest BCUT2D eigenvalue weighted by molar-refractivity contribution is 0.0240. The van der Waals surface area contributed by atoms with Crippen molar-refractivity contribution in [3.8, 4) is 11.9 Å². The number of nitrogens with one attached hydrogen (secondary N) is 1. The Kier molecular flexibility index (Phi) is 6.96. The summed E-state index contributed by atoms with van der Waals surface area (Å²) >= 11 is 0. The number of nitriles is 1. The highest BCUT2D eigenvalue weighted by molar-refractivity contribution is 5.69. The van der Waals surface area contributed by atoms with E-state index in [2.05, 4.69) is 28.2 Å². The lowest BCUT2D eigenvalue weighted by Crippen LogP contribution is -2.50. The summed E-state index contributed by atoms with van der Waals surface area (Å²) in [6.07, 6.45) is 2.82. The van der Waals surface area contributed by atoms with Crippen molar-refractivity contribution in [3.05, 3.63) is 16.7 Å². The lowest BCUT2D eigenvalue weighted by Gasteiger charge is -2.38. The van der Waals surface area contributed by atoms with E-state index in [0.717, 1.165) is 42.9 Å². The number of carbonyl (C=O) groups is 1. The van der Waals surface area contributed by atoms with Crippen LogP contribution in [-0.4, -0.2) is 85.4 Å². The van der Waals surface area contributed by atoms with Gasteiger partial charge in [0.2, 0.25) is 5.88 Å². The number of likely N-dealkylation sites (tertiary alicyclic amines) is 1. The Bertz CT molecular complexity index is 914. The van der Waals surface area contributed by atoms with E-state index < -0.39 is 5.60 Å². The van der Waals surface area contributed by atoms with Crippen LogP contribution in [0.15, 0.2) is 0 Å². The van der Waals surface area contributed by atoms with E-state index in [0.29, 0.717) is 56.8 Å². The average molecular weight is 457 g/mol. The molecule has 9 heteroatoms. The van der Waals surface area contributed by atoms with E-state index in [1.54, 1.807) is 4.90 Å². The van der Waals surface area contributed by atoms with Gasteiger partial charge in [-0.15, -0.1) is 0 Å².